The summed E-state index contributed by atoms with van der Waals surface area (Å²) in [7, 11) is 1.22. The molecule has 0 fully saturated rings. The van der Waals surface area contributed by atoms with Crippen molar-refractivity contribution in [2.24, 2.45) is 0 Å². The van der Waals surface area contributed by atoms with E-state index in [0.29, 0.717) is 0 Å². The maximum Gasteiger partial charge on any atom is 0.403 e. The van der Waals surface area contributed by atoms with Crippen molar-refractivity contribution in [2.75, 3.05) is 7.11 Å². The minimum Gasteiger partial charge on any atom is -0.457 e. The van der Waals surface area contributed by atoms with E-state index < -0.39 is 5.43 Å². The zero-order valence-corrected chi connectivity index (χ0v) is 7.84. The van der Waals surface area contributed by atoms with Crippen molar-refractivity contribution in [3.8, 4) is 0 Å². The molecule has 0 spiro atoms. The van der Waals surface area contributed by atoms with Gasteiger partial charge in [-0.15, -0.1) is 0 Å². The molecular weight excluding hydrogens is 176 g/mol. The fraction of sp³-hybridized carbons (Fsp3) is 0.222. The van der Waals surface area contributed by atoms with Crippen LogP contribution in [0.1, 0.15) is 5.56 Å². The minimum atomic E-state index is -0.773. The average Bonchev–Trinajstić information content (AvgIpc) is 2.07. The molecule has 1 aromatic rings. The molecule has 0 aliphatic heterocycles. The molecule has 12 heavy (non-hydrogen) atoms. The maximum atomic E-state index is 9.36. The van der Waals surface area contributed by atoms with Gasteiger partial charge in [-0.25, -0.2) is 4.79 Å². The minimum absolute atomic E-state index is 0.773. The zero-order chi connectivity index (χ0) is 9.40. The Labute approximate surface area is 77.1 Å². The third-order valence-corrected chi connectivity index (χ3v) is 1.26. The highest BCUT2D eigenvalue weighted by molar-refractivity contribution is 6.61. The van der Waals surface area contributed by atoms with Crippen molar-refractivity contribution in [3.63, 3.8) is 0 Å². The lowest BCUT2D eigenvalue weighted by Crippen LogP contribution is -1.80. The summed E-state index contributed by atoms with van der Waals surface area (Å²) in [6.45, 7) is 2.08. The number of benzene rings is 1. The van der Waals surface area contributed by atoms with Gasteiger partial charge in [0.1, 0.15) is 0 Å². The van der Waals surface area contributed by atoms with Gasteiger partial charge in [0, 0.05) is 11.6 Å². The van der Waals surface area contributed by atoms with Gasteiger partial charge in [-0.1, -0.05) is 35.9 Å². The van der Waals surface area contributed by atoms with E-state index in [0.717, 1.165) is 0 Å². The van der Waals surface area contributed by atoms with Gasteiger partial charge in [0.05, 0.1) is 7.11 Å². The van der Waals surface area contributed by atoms with Crippen LogP contribution < -0.4 is 0 Å². The first-order chi connectivity index (χ1) is 5.66. The van der Waals surface area contributed by atoms with Crippen LogP contribution in [0.5, 0.6) is 0 Å². The lowest BCUT2D eigenvalue weighted by molar-refractivity contribution is 0.198. The van der Waals surface area contributed by atoms with Gasteiger partial charge >= 0.3 is 5.43 Å². The summed E-state index contributed by atoms with van der Waals surface area (Å²) in [6, 6.07) is 10.3. The van der Waals surface area contributed by atoms with Crippen LogP contribution in [0.4, 0.5) is 4.79 Å². The highest BCUT2D eigenvalue weighted by atomic mass is 35.5. The van der Waals surface area contributed by atoms with Gasteiger partial charge in [-0.3, -0.25) is 0 Å². The first-order valence-corrected chi connectivity index (χ1v) is 3.79. The average molecular weight is 187 g/mol. The second-order valence-corrected chi connectivity index (χ2v) is 2.41. The van der Waals surface area contributed by atoms with Gasteiger partial charge in [0.2, 0.25) is 0 Å². The van der Waals surface area contributed by atoms with Gasteiger partial charge in [-0.05, 0) is 6.92 Å². The summed E-state index contributed by atoms with van der Waals surface area (Å²) >= 11 is 4.60. The quantitative estimate of drug-likeness (QED) is 0.583. The number of carbonyl (C=O) groups excluding carboxylic acids is 1. The third-order valence-electron chi connectivity index (χ3n) is 1.10. The van der Waals surface area contributed by atoms with Crippen LogP contribution >= 0.6 is 11.6 Å². The van der Waals surface area contributed by atoms with Crippen molar-refractivity contribution in [2.45, 2.75) is 6.92 Å². The summed E-state index contributed by atoms with van der Waals surface area (Å²) in [6.07, 6.45) is 0. The largest absolute Gasteiger partial charge is 0.457 e. The molecule has 1 rings (SSSR count). The molecule has 0 N–H and O–H groups in total. The van der Waals surface area contributed by atoms with E-state index in [1.165, 1.54) is 12.7 Å². The van der Waals surface area contributed by atoms with Crippen LogP contribution in [-0.2, 0) is 4.74 Å². The Morgan fingerprint density at radius 3 is 1.92 bits per heavy atom. The number of carbonyl (C=O) groups is 1. The molecule has 0 bridgehead atoms. The molecule has 0 radical (unpaired) electrons. The van der Waals surface area contributed by atoms with Crippen molar-refractivity contribution in [1.29, 1.82) is 0 Å². The van der Waals surface area contributed by atoms with Crippen LogP contribution in [0.25, 0.3) is 0 Å². The highest BCUT2D eigenvalue weighted by Crippen LogP contribution is 1.92. The van der Waals surface area contributed by atoms with Crippen LogP contribution in [0.2, 0.25) is 0 Å². The Hall–Kier alpha value is -1.02. The molecule has 0 saturated heterocycles. The van der Waals surface area contributed by atoms with E-state index >= 15 is 0 Å². The maximum absolute atomic E-state index is 9.36. The lowest BCUT2D eigenvalue weighted by atomic mass is 10.2. The molecule has 0 saturated carbocycles. The van der Waals surface area contributed by atoms with Gasteiger partial charge in [0.15, 0.2) is 0 Å². The first kappa shape index (κ1) is 11.0. The van der Waals surface area contributed by atoms with E-state index in [-0.39, 0.29) is 0 Å². The second kappa shape index (κ2) is 6.68. The zero-order valence-electron chi connectivity index (χ0n) is 7.08. The van der Waals surface area contributed by atoms with E-state index in [2.05, 4.69) is 35.4 Å². The fourth-order valence-electron chi connectivity index (χ4n) is 0.534. The Balaban J connectivity index is 0.000000217. The summed E-state index contributed by atoms with van der Waals surface area (Å²) in [5.74, 6) is 0. The molecule has 0 amide bonds. The SMILES string of the molecule is COC(=O)Cl.Cc1ccccc1. The molecule has 0 atom stereocenters. The molecule has 0 unspecified atom stereocenters. The van der Waals surface area contributed by atoms with E-state index in [1.807, 2.05) is 18.2 Å². The smallest absolute Gasteiger partial charge is 0.403 e. The number of rotatable bonds is 0. The summed E-state index contributed by atoms with van der Waals surface area (Å²) in [5.41, 5.74) is 0.549. The Bertz CT molecular complexity index is 221. The van der Waals surface area contributed by atoms with E-state index in [1.54, 1.807) is 0 Å². The van der Waals surface area contributed by atoms with Crippen molar-refractivity contribution >= 4 is 17.0 Å². The van der Waals surface area contributed by atoms with Crippen molar-refractivity contribution in [3.05, 3.63) is 35.9 Å². The molecule has 2 nitrogen and oxygen atoms in total. The number of halogens is 1. The summed E-state index contributed by atoms with van der Waals surface area (Å²) in [5, 5.41) is 0. The Kier molecular flexibility index (Phi) is 6.11. The van der Waals surface area contributed by atoms with Crippen molar-refractivity contribution in [1.82, 2.24) is 0 Å². The Morgan fingerprint density at radius 1 is 1.33 bits per heavy atom. The summed E-state index contributed by atoms with van der Waals surface area (Å²) < 4.78 is 3.88. The third kappa shape index (κ3) is 7.09. The van der Waals surface area contributed by atoms with Crippen LogP contribution in [0, 0.1) is 6.92 Å². The molecule has 0 aliphatic carbocycles. The highest BCUT2D eigenvalue weighted by Gasteiger charge is 1.80. The van der Waals surface area contributed by atoms with Gasteiger partial charge in [0.25, 0.3) is 0 Å². The summed E-state index contributed by atoms with van der Waals surface area (Å²) in [4.78, 5) is 9.36. The molecule has 0 aromatic heterocycles. The van der Waals surface area contributed by atoms with Gasteiger partial charge in [-0.2, -0.15) is 0 Å². The second-order valence-electron chi connectivity index (χ2n) is 2.10. The molecule has 66 valence electrons. The van der Waals surface area contributed by atoms with E-state index in [4.69, 9.17) is 0 Å². The monoisotopic (exact) mass is 186 g/mol. The Morgan fingerprint density at radius 2 is 1.75 bits per heavy atom. The first-order valence-electron chi connectivity index (χ1n) is 3.42. The molecule has 0 heterocycles. The van der Waals surface area contributed by atoms with Crippen molar-refractivity contribution < 1.29 is 9.53 Å². The standard InChI is InChI=1S/C7H8.C2H3ClO2/c1-7-5-3-2-4-6-7;1-5-2(3)4/h2-6H,1H3;1H3. The molecule has 1 aromatic carbocycles. The normalized spacial score (nSPS) is 7.92. The topological polar surface area (TPSA) is 26.3 Å². The lowest BCUT2D eigenvalue weighted by Gasteiger charge is -1.82. The molecule has 3 heteroatoms. The number of ether oxygens (including phenoxy) is 1. The number of hydrogen-bond donors (Lipinski definition) is 0. The molecule has 0 aliphatic rings. The number of hydrogen-bond acceptors (Lipinski definition) is 2. The number of methoxy groups -OCH3 is 1. The van der Waals surface area contributed by atoms with E-state index in [9.17, 15) is 4.79 Å². The van der Waals surface area contributed by atoms with Crippen LogP contribution in [0.3, 0.4) is 0 Å². The predicted molar refractivity (Wildman–Crippen MR) is 49.4 cm³/mol. The van der Waals surface area contributed by atoms with Gasteiger partial charge < -0.3 is 4.74 Å². The van der Waals surface area contributed by atoms with Crippen LogP contribution in [0.15, 0.2) is 30.3 Å². The fourth-order valence-corrected chi connectivity index (χ4v) is 0.534. The molecular formula is C9H11ClO2. The number of aryl methyl sites for hydroxylation is 1. The van der Waals surface area contributed by atoms with Crippen LogP contribution in [-0.4, -0.2) is 12.5 Å². The predicted octanol–water partition coefficient (Wildman–Crippen LogP) is 2.99.